The first kappa shape index (κ1) is 17.2. The van der Waals surface area contributed by atoms with Crippen LogP contribution in [0, 0.1) is 5.41 Å². The summed E-state index contributed by atoms with van der Waals surface area (Å²) in [4.78, 5) is 24.0. The van der Waals surface area contributed by atoms with Gasteiger partial charge in [0.15, 0.2) is 0 Å². The molecular weight excluding hydrogens is 318 g/mol. The molecule has 0 unspecified atom stereocenters. The third-order valence-electron chi connectivity index (χ3n) is 4.97. The summed E-state index contributed by atoms with van der Waals surface area (Å²) in [5.41, 5.74) is 0.781. The molecule has 1 amide bonds. The fourth-order valence-electron chi connectivity index (χ4n) is 3.39. The molecule has 1 aromatic carbocycles. The molecule has 2 N–H and O–H groups in total. The van der Waals surface area contributed by atoms with Crippen molar-refractivity contribution in [2.75, 3.05) is 6.54 Å². The number of amides is 1. The maximum Gasteiger partial charge on any atom is 0.311 e. The molecule has 1 aromatic heterocycles. The van der Waals surface area contributed by atoms with Crippen molar-refractivity contribution in [1.82, 2.24) is 15.1 Å². The summed E-state index contributed by atoms with van der Waals surface area (Å²) in [5.74, 6) is -1.03. The molecule has 0 saturated heterocycles. The van der Waals surface area contributed by atoms with Gasteiger partial charge in [-0.3, -0.25) is 14.3 Å². The van der Waals surface area contributed by atoms with Crippen molar-refractivity contribution >= 4 is 11.9 Å². The Morgan fingerprint density at radius 3 is 2.48 bits per heavy atom. The zero-order valence-electron chi connectivity index (χ0n) is 14.1. The summed E-state index contributed by atoms with van der Waals surface area (Å²) in [6.45, 7) is 0.841. The molecular formula is C19H23N3O3. The van der Waals surface area contributed by atoms with Gasteiger partial charge < -0.3 is 10.4 Å². The zero-order valence-corrected chi connectivity index (χ0v) is 14.1. The molecule has 6 heteroatoms. The fourth-order valence-corrected chi connectivity index (χ4v) is 3.39. The molecule has 2 aromatic rings. The number of rotatable bonds is 6. The van der Waals surface area contributed by atoms with Gasteiger partial charge in [-0.15, -0.1) is 0 Å². The van der Waals surface area contributed by atoms with E-state index in [1.807, 2.05) is 29.1 Å². The third-order valence-corrected chi connectivity index (χ3v) is 4.97. The predicted octanol–water partition coefficient (Wildman–Crippen LogP) is 2.70. The summed E-state index contributed by atoms with van der Waals surface area (Å²) < 4.78 is 1.81. The molecule has 0 spiro atoms. The van der Waals surface area contributed by atoms with E-state index in [0.29, 0.717) is 24.9 Å². The van der Waals surface area contributed by atoms with Crippen LogP contribution >= 0.6 is 0 Å². The molecule has 0 atom stereocenters. The van der Waals surface area contributed by atoms with Crippen molar-refractivity contribution in [3.8, 4) is 0 Å². The quantitative estimate of drug-likeness (QED) is 0.846. The first-order valence-corrected chi connectivity index (χ1v) is 8.67. The largest absolute Gasteiger partial charge is 0.481 e. The van der Waals surface area contributed by atoms with Gasteiger partial charge >= 0.3 is 5.97 Å². The van der Waals surface area contributed by atoms with E-state index in [-0.39, 0.29) is 12.5 Å². The summed E-state index contributed by atoms with van der Waals surface area (Å²) in [6.07, 6.45) is 7.76. The summed E-state index contributed by atoms with van der Waals surface area (Å²) in [7, 11) is 0. The zero-order chi connectivity index (χ0) is 17.7. The average Bonchev–Trinajstić information content (AvgIpc) is 3.14. The minimum atomic E-state index is -0.812. The minimum absolute atomic E-state index is 0.191. The second kappa shape index (κ2) is 7.51. The first-order valence-electron chi connectivity index (χ1n) is 8.67. The predicted molar refractivity (Wildman–Crippen MR) is 93.3 cm³/mol. The molecule has 132 valence electrons. The SMILES string of the molecule is O=C(NCC1(C(=O)O)CCCCC1)c1ccc(Cn2cccn2)cc1. The molecule has 1 heterocycles. The van der Waals surface area contributed by atoms with E-state index in [9.17, 15) is 14.7 Å². The topological polar surface area (TPSA) is 84.2 Å². The van der Waals surface area contributed by atoms with E-state index < -0.39 is 11.4 Å². The molecule has 1 aliphatic rings. The molecule has 1 fully saturated rings. The van der Waals surface area contributed by atoms with E-state index in [1.165, 1.54) is 0 Å². The minimum Gasteiger partial charge on any atom is -0.481 e. The van der Waals surface area contributed by atoms with Crippen LogP contribution in [0.1, 0.15) is 48.0 Å². The Labute approximate surface area is 146 Å². The van der Waals surface area contributed by atoms with E-state index in [1.54, 1.807) is 18.3 Å². The van der Waals surface area contributed by atoms with Gasteiger partial charge in [0.25, 0.3) is 5.91 Å². The first-order chi connectivity index (χ1) is 12.1. The summed E-state index contributed by atoms with van der Waals surface area (Å²) in [5, 5.41) is 16.5. The smallest absolute Gasteiger partial charge is 0.311 e. The molecule has 3 rings (SSSR count). The number of carbonyl (C=O) groups excluding carboxylic acids is 1. The highest BCUT2D eigenvalue weighted by Gasteiger charge is 2.39. The number of nitrogens with one attached hydrogen (secondary N) is 1. The number of aliphatic carboxylic acids is 1. The highest BCUT2D eigenvalue weighted by Crippen LogP contribution is 2.36. The van der Waals surface area contributed by atoms with E-state index >= 15 is 0 Å². The normalized spacial score (nSPS) is 16.3. The van der Waals surface area contributed by atoms with Crippen molar-refractivity contribution in [2.45, 2.75) is 38.6 Å². The molecule has 1 saturated carbocycles. The lowest BCUT2D eigenvalue weighted by Crippen LogP contribution is -2.44. The fraction of sp³-hybridized carbons (Fsp3) is 0.421. The van der Waals surface area contributed by atoms with E-state index in [0.717, 1.165) is 24.8 Å². The molecule has 0 aliphatic heterocycles. The number of carbonyl (C=O) groups is 2. The molecule has 6 nitrogen and oxygen atoms in total. The van der Waals surface area contributed by atoms with Gasteiger partial charge in [-0.05, 0) is 36.6 Å². The van der Waals surface area contributed by atoms with Crippen LogP contribution in [0.25, 0.3) is 0 Å². The number of hydrogen-bond acceptors (Lipinski definition) is 3. The van der Waals surface area contributed by atoms with Crippen molar-refractivity contribution in [3.63, 3.8) is 0 Å². The van der Waals surface area contributed by atoms with Gasteiger partial charge in [0.05, 0.1) is 12.0 Å². The summed E-state index contributed by atoms with van der Waals surface area (Å²) >= 11 is 0. The lowest BCUT2D eigenvalue weighted by molar-refractivity contribution is -0.150. The second-order valence-electron chi connectivity index (χ2n) is 6.73. The van der Waals surface area contributed by atoms with Crippen LogP contribution in [-0.2, 0) is 11.3 Å². The Morgan fingerprint density at radius 1 is 1.16 bits per heavy atom. The van der Waals surface area contributed by atoms with Crippen LogP contribution < -0.4 is 5.32 Å². The van der Waals surface area contributed by atoms with E-state index in [4.69, 9.17) is 0 Å². The lowest BCUT2D eigenvalue weighted by Gasteiger charge is -2.33. The number of nitrogens with zero attached hydrogens (tertiary/aromatic N) is 2. The molecule has 1 aliphatic carbocycles. The van der Waals surface area contributed by atoms with Gasteiger partial charge in [0.1, 0.15) is 0 Å². The number of carboxylic acids is 1. The Hall–Kier alpha value is -2.63. The van der Waals surface area contributed by atoms with Gasteiger partial charge in [-0.1, -0.05) is 31.4 Å². The van der Waals surface area contributed by atoms with Gasteiger partial charge in [0, 0.05) is 24.5 Å². The van der Waals surface area contributed by atoms with Gasteiger partial charge in [-0.25, -0.2) is 0 Å². The highest BCUT2D eigenvalue weighted by atomic mass is 16.4. The highest BCUT2D eigenvalue weighted by molar-refractivity contribution is 5.94. The number of benzene rings is 1. The maximum absolute atomic E-state index is 12.4. The van der Waals surface area contributed by atoms with Gasteiger partial charge in [0.2, 0.25) is 0 Å². The molecule has 25 heavy (non-hydrogen) atoms. The number of hydrogen-bond donors (Lipinski definition) is 2. The third kappa shape index (κ3) is 4.07. The van der Waals surface area contributed by atoms with Crippen molar-refractivity contribution in [2.24, 2.45) is 5.41 Å². The van der Waals surface area contributed by atoms with Crippen LogP contribution in [0.4, 0.5) is 0 Å². The Bertz CT molecular complexity index is 717. The molecule has 0 bridgehead atoms. The standard InChI is InChI=1S/C19H23N3O3/c23-17(20-14-19(18(24)25)9-2-1-3-10-19)16-7-5-15(6-8-16)13-22-12-4-11-21-22/h4-8,11-12H,1-3,9-10,13-14H2,(H,20,23)(H,24,25). The van der Waals surface area contributed by atoms with Crippen LogP contribution in [0.3, 0.4) is 0 Å². The van der Waals surface area contributed by atoms with Crippen molar-refractivity contribution < 1.29 is 14.7 Å². The van der Waals surface area contributed by atoms with Crippen molar-refractivity contribution in [3.05, 3.63) is 53.9 Å². The van der Waals surface area contributed by atoms with E-state index in [2.05, 4.69) is 10.4 Å². The second-order valence-corrected chi connectivity index (χ2v) is 6.73. The monoisotopic (exact) mass is 341 g/mol. The molecule has 0 radical (unpaired) electrons. The van der Waals surface area contributed by atoms with Crippen LogP contribution in [0.2, 0.25) is 0 Å². The Morgan fingerprint density at radius 2 is 1.88 bits per heavy atom. The Balaban J connectivity index is 1.60. The van der Waals surface area contributed by atoms with Crippen molar-refractivity contribution in [1.29, 1.82) is 0 Å². The van der Waals surface area contributed by atoms with Gasteiger partial charge in [-0.2, -0.15) is 5.10 Å². The summed E-state index contributed by atoms with van der Waals surface area (Å²) in [6, 6.07) is 9.19. The van der Waals surface area contributed by atoms with Crippen LogP contribution in [0.5, 0.6) is 0 Å². The number of carboxylic acid groups (broad SMARTS) is 1. The van der Waals surface area contributed by atoms with Crippen LogP contribution in [-0.4, -0.2) is 33.3 Å². The number of aromatic nitrogens is 2. The maximum atomic E-state index is 12.4. The Kier molecular flexibility index (Phi) is 5.16. The van der Waals surface area contributed by atoms with Crippen LogP contribution in [0.15, 0.2) is 42.7 Å². The lowest BCUT2D eigenvalue weighted by atomic mass is 9.74. The average molecular weight is 341 g/mol.